The van der Waals surface area contributed by atoms with E-state index in [2.05, 4.69) is 12.1 Å². The summed E-state index contributed by atoms with van der Waals surface area (Å²) in [5.41, 5.74) is 2.02. The molecule has 86 valence electrons. The van der Waals surface area contributed by atoms with Crippen molar-refractivity contribution in [2.75, 3.05) is 0 Å². The van der Waals surface area contributed by atoms with E-state index in [0.29, 0.717) is 0 Å². The molecule has 0 unspecified atom stereocenters. The van der Waals surface area contributed by atoms with E-state index in [1.165, 1.54) is 10.5 Å². The molecule has 2 heteroatoms. The number of hydrogen-bond acceptors (Lipinski definition) is 2. The fourth-order valence-electron chi connectivity index (χ4n) is 1.52. The lowest BCUT2D eigenvalue weighted by Gasteiger charge is -2.02. The summed E-state index contributed by atoms with van der Waals surface area (Å²) >= 11 is 1.80. The maximum Gasteiger partial charge on any atom is 0.159 e. The molecule has 2 aromatic carbocycles. The summed E-state index contributed by atoms with van der Waals surface area (Å²) in [6.07, 6.45) is 0. The second kappa shape index (κ2) is 5.69. The van der Waals surface area contributed by atoms with Crippen LogP contribution in [0.25, 0.3) is 0 Å². The lowest BCUT2D eigenvalue weighted by Crippen LogP contribution is -1.91. The molecule has 0 aliphatic heterocycles. The smallest absolute Gasteiger partial charge is 0.159 e. The highest BCUT2D eigenvalue weighted by Gasteiger charge is 1.99. The molecular weight excluding hydrogens is 228 g/mol. The third-order valence-electron chi connectivity index (χ3n) is 2.51. The Bertz CT molecular complexity index is 488. The first-order valence-corrected chi connectivity index (χ1v) is 6.52. The van der Waals surface area contributed by atoms with Gasteiger partial charge in [-0.05, 0) is 24.6 Å². The third kappa shape index (κ3) is 3.46. The quantitative estimate of drug-likeness (QED) is 0.591. The van der Waals surface area contributed by atoms with E-state index >= 15 is 0 Å². The molecule has 0 radical (unpaired) electrons. The first-order valence-electron chi connectivity index (χ1n) is 5.53. The minimum Gasteiger partial charge on any atom is -0.295 e. The van der Waals surface area contributed by atoms with E-state index in [-0.39, 0.29) is 5.78 Å². The summed E-state index contributed by atoms with van der Waals surface area (Å²) in [6.45, 7) is 1.59. The predicted octanol–water partition coefficient (Wildman–Crippen LogP) is 4.18. The number of Topliss-reactive ketones (excluding diaryl/α,β-unsaturated/α-hetero) is 1. The molecule has 0 amide bonds. The van der Waals surface area contributed by atoms with Crippen molar-refractivity contribution in [1.82, 2.24) is 0 Å². The Morgan fingerprint density at radius 3 is 2.24 bits per heavy atom. The van der Waals surface area contributed by atoms with Crippen LogP contribution in [0.15, 0.2) is 59.5 Å². The third-order valence-corrected chi connectivity index (χ3v) is 3.59. The number of carbonyl (C=O) groups excluding carboxylic acids is 1. The van der Waals surface area contributed by atoms with Gasteiger partial charge in [-0.25, -0.2) is 0 Å². The van der Waals surface area contributed by atoms with Gasteiger partial charge in [0.1, 0.15) is 0 Å². The summed E-state index contributed by atoms with van der Waals surface area (Å²) < 4.78 is 0. The maximum absolute atomic E-state index is 11.1. The van der Waals surface area contributed by atoms with Gasteiger partial charge in [0, 0.05) is 16.2 Å². The maximum atomic E-state index is 11.1. The SMILES string of the molecule is CC(=O)c1ccc(CSc2ccccc2)cc1. The Labute approximate surface area is 106 Å². The molecule has 1 nitrogen and oxygen atoms in total. The molecular formula is C15H14OS. The summed E-state index contributed by atoms with van der Waals surface area (Å²) in [4.78, 5) is 12.4. The summed E-state index contributed by atoms with van der Waals surface area (Å²) in [5.74, 6) is 1.05. The Morgan fingerprint density at radius 1 is 1.00 bits per heavy atom. The highest BCUT2D eigenvalue weighted by atomic mass is 32.2. The number of carbonyl (C=O) groups is 1. The lowest BCUT2D eigenvalue weighted by molar-refractivity contribution is 0.101. The monoisotopic (exact) mass is 242 g/mol. The number of thioether (sulfide) groups is 1. The standard InChI is InChI=1S/C15H14OS/c1-12(16)14-9-7-13(8-10-14)11-17-15-5-3-2-4-6-15/h2-10H,11H2,1H3. The molecule has 0 spiro atoms. The van der Waals surface area contributed by atoms with Crippen LogP contribution in [-0.4, -0.2) is 5.78 Å². The van der Waals surface area contributed by atoms with Crippen LogP contribution in [0.1, 0.15) is 22.8 Å². The first kappa shape index (κ1) is 11.9. The molecule has 2 aromatic rings. The van der Waals surface area contributed by atoms with Crippen molar-refractivity contribution < 1.29 is 4.79 Å². The number of rotatable bonds is 4. The Kier molecular flexibility index (Phi) is 3.99. The van der Waals surface area contributed by atoms with Gasteiger partial charge >= 0.3 is 0 Å². The first-order chi connectivity index (χ1) is 8.25. The summed E-state index contributed by atoms with van der Waals surface area (Å²) in [6, 6.07) is 18.1. The van der Waals surface area contributed by atoms with Crippen LogP contribution in [0.5, 0.6) is 0 Å². The lowest BCUT2D eigenvalue weighted by atomic mass is 10.1. The van der Waals surface area contributed by atoms with E-state index < -0.39 is 0 Å². The van der Waals surface area contributed by atoms with Gasteiger partial charge in [-0.3, -0.25) is 4.79 Å². The van der Waals surface area contributed by atoms with Crippen LogP contribution in [0, 0.1) is 0 Å². The zero-order chi connectivity index (χ0) is 12.1. The molecule has 0 fully saturated rings. The molecule has 0 saturated heterocycles. The van der Waals surface area contributed by atoms with Crippen molar-refractivity contribution in [3.63, 3.8) is 0 Å². The zero-order valence-corrected chi connectivity index (χ0v) is 10.5. The van der Waals surface area contributed by atoms with E-state index in [1.807, 2.05) is 42.5 Å². The largest absolute Gasteiger partial charge is 0.295 e. The van der Waals surface area contributed by atoms with Gasteiger partial charge in [0.05, 0.1) is 0 Å². The zero-order valence-electron chi connectivity index (χ0n) is 9.72. The summed E-state index contributed by atoms with van der Waals surface area (Å²) in [7, 11) is 0. The van der Waals surface area contributed by atoms with Crippen molar-refractivity contribution in [2.45, 2.75) is 17.6 Å². The molecule has 0 saturated carbocycles. The van der Waals surface area contributed by atoms with Crippen LogP contribution in [0.3, 0.4) is 0 Å². The molecule has 2 rings (SSSR count). The van der Waals surface area contributed by atoms with Gasteiger partial charge in [-0.15, -0.1) is 11.8 Å². The second-order valence-corrected chi connectivity index (χ2v) is 4.90. The van der Waals surface area contributed by atoms with Gasteiger partial charge in [-0.1, -0.05) is 42.5 Å². The van der Waals surface area contributed by atoms with Crippen molar-refractivity contribution in [1.29, 1.82) is 0 Å². The van der Waals surface area contributed by atoms with Crippen molar-refractivity contribution in [3.8, 4) is 0 Å². The Morgan fingerprint density at radius 2 is 1.65 bits per heavy atom. The van der Waals surface area contributed by atoms with Crippen molar-refractivity contribution in [3.05, 3.63) is 65.7 Å². The van der Waals surface area contributed by atoms with Crippen LogP contribution in [0.4, 0.5) is 0 Å². The molecule has 17 heavy (non-hydrogen) atoms. The Balaban J connectivity index is 1.98. The van der Waals surface area contributed by atoms with Gasteiger partial charge in [0.2, 0.25) is 0 Å². The van der Waals surface area contributed by atoms with Crippen LogP contribution in [0.2, 0.25) is 0 Å². The van der Waals surface area contributed by atoms with Crippen molar-refractivity contribution in [2.24, 2.45) is 0 Å². The minimum atomic E-state index is 0.118. The fourth-order valence-corrected chi connectivity index (χ4v) is 2.39. The van der Waals surface area contributed by atoms with Crippen molar-refractivity contribution >= 4 is 17.5 Å². The summed E-state index contributed by atoms with van der Waals surface area (Å²) in [5, 5.41) is 0. The highest BCUT2D eigenvalue weighted by Crippen LogP contribution is 2.22. The molecule has 0 aromatic heterocycles. The Hall–Kier alpha value is -1.54. The van der Waals surface area contributed by atoms with E-state index in [9.17, 15) is 4.79 Å². The number of hydrogen-bond donors (Lipinski definition) is 0. The van der Waals surface area contributed by atoms with E-state index in [4.69, 9.17) is 0 Å². The van der Waals surface area contributed by atoms with Gasteiger partial charge in [0.15, 0.2) is 5.78 Å². The highest BCUT2D eigenvalue weighted by molar-refractivity contribution is 7.98. The average molecular weight is 242 g/mol. The van der Waals surface area contributed by atoms with Gasteiger partial charge in [-0.2, -0.15) is 0 Å². The number of benzene rings is 2. The van der Waals surface area contributed by atoms with Crippen LogP contribution >= 0.6 is 11.8 Å². The molecule has 0 heterocycles. The van der Waals surface area contributed by atoms with E-state index in [0.717, 1.165) is 11.3 Å². The molecule has 0 N–H and O–H groups in total. The van der Waals surface area contributed by atoms with Crippen LogP contribution < -0.4 is 0 Å². The molecule has 0 aliphatic carbocycles. The van der Waals surface area contributed by atoms with E-state index in [1.54, 1.807) is 18.7 Å². The number of ketones is 1. The molecule has 0 bridgehead atoms. The average Bonchev–Trinajstić information content (AvgIpc) is 2.38. The fraction of sp³-hybridized carbons (Fsp3) is 0.133. The second-order valence-electron chi connectivity index (χ2n) is 3.85. The normalized spacial score (nSPS) is 10.2. The predicted molar refractivity (Wildman–Crippen MR) is 72.4 cm³/mol. The van der Waals surface area contributed by atoms with Crippen LogP contribution in [-0.2, 0) is 5.75 Å². The van der Waals surface area contributed by atoms with Gasteiger partial charge < -0.3 is 0 Å². The topological polar surface area (TPSA) is 17.1 Å². The minimum absolute atomic E-state index is 0.118. The van der Waals surface area contributed by atoms with Gasteiger partial charge in [0.25, 0.3) is 0 Å². The molecule has 0 aliphatic rings. The molecule has 0 atom stereocenters.